The summed E-state index contributed by atoms with van der Waals surface area (Å²) in [5.41, 5.74) is 2.99. The second-order valence-corrected chi connectivity index (χ2v) is 7.79. The summed E-state index contributed by atoms with van der Waals surface area (Å²) in [5.74, 6) is -0.219. The standard InChI is InChI=1S/C22H16Cl2FN5O2/c1-3-17-11(2)20(29-27-17)22-30-28-18(32-22)8-13-4-5-16(24)21(19(13)25)31-15-7-12(10-26)6-14(23)9-15/h4-7,9H,3,8H2,1-2H3,(H,27,29). The molecule has 2 aromatic heterocycles. The molecular formula is C22H16Cl2FN5O2. The molecule has 1 N–H and O–H groups in total. The van der Waals surface area contributed by atoms with E-state index in [1.807, 2.05) is 19.9 Å². The van der Waals surface area contributed by atoms with Crippen LogP contribution in [0.3, 0.4) is 0 Å². The number of hydrogen-bond donors (Lipinski definition) is 1. The predicted molar refractivity (Wildman–Crippen MR) is 116 cm³/mol. The van der Waals surface area contributed by atoms with Crippen LogP contribution in [0, 0.1) is 24.1 Å². The van der Waals surface area contributed by atoms with E-state index < -0.39 is 5.82 Å². The first kappa shape index (κ1) is 21.8. The number of nitrogens with one attached hydrogen (secondary N) is 1. The van der Waals surface area contributed by atoms with Gasteiger partial charge < -0.3 is 9.15 Å². The van der Waals surface area contributed by atoms with E-state index in [2.05, 4.69) is 20.4 Å². The SMILES string of the molecule is CCc1[nH]nc(-c2nnc(Cc3ccc(Cl)c(Oc4cc(Cl)cc(C#N)c4)c3F)o2)c1C. The Morgan fingerprint density at radius 2 is 2.03 bits per heavy atom. The predicted octanol–water partition coefficient (Wildman–Crippen LogP) is 6.03. The van der Waals surface area contributed by atoms with Crippen LogP contribution in [-0.2, 0) is 12.8 Å². The second kappa shape index (κ2) is 8.99. The maximum Gasteiger partial charge on any atom is 0.268 e. The van der Waals surface area contributed by atoms with Crippen molar-refractivity contribution in [3.05, 3.63) is 74.5 Å². The van der Waals surface area contributed by atoms with Crippen molar-refractivity contribution >= 4 is 23.2 Å². The quantitative estimate of drug-likeness (QED) is 0.368. The van der Waals surface area contributed by atoms with Gasteiger partial charge in [0, 0.05) is 21.8 Å². The maximum atomic E-state index is 15.2. The van der Waals surface area contributed by atoms with Gasteiger partial charge in [-0.1, -0.05) is 36.2 Å². The van der Waals surface area contributed by atoms with Crippen molar-refractivity contribution in [3.63, 3.8) is 0 Å². The van der Waals surface area contributed by atoms with Crippen molar-refractivity contribution in [2.45, 2.75) is 26.7 Å². The highest BCUT2D eigenvalue weighted by molar-refractivity contribution is 6.32. The molecule has 0 saturated carbocycles. The number of benzene rings is 2. The number of rotatable bonds is 6. The van der Waals surface area contributed by atoms with Crippen LogP contribution >= 0.6 is 23.2 Å². The molecule has 0 fully saturated rings. The first-order valence-electron chi connectivity index (χ1n) is 9.61. The summed E-state index contributed by atoms with van der Waals surface area (Å²) in [6, 6.07) is 9.37. The highest BCUT2D eigenvalue weighted by Crippen LogP contribution is 2.36. The van der Waals surface area contributed by atoms with Crippen molar-refractivity contribution in [1.82, 2.24) is 20.4 Å². The van der Waals surface area contributed by atoms with E-state index in [9.17, 15) is 0 Å². The summed E-state index contributed by atoms with van der Waals surface area (Å²) in [4.78, 5) is 0. The summed E-state index contributed by atoms with van der Waals surface area (Å²) in [6.45, 7) is 3.93. The number of aromatic nitrogens is 4. The number of ether oxygens (including phenoxy) is 1. The maximum absolute atomic E-state index is 15.2. The van der Waals surface area contributed by atoms with Crippen molar-refractivity contribution in [2.75, 3.05) is 0 Å². The molecule has 4 rings (SSSR count). The van der Waals surface area contributed by atoms with Crippen molar-refractivity contribution < 1.29 is 13.5 Å². The number of halogens is 3. The Bertz CT molecular complexity index is 1340. The minimum absolute atomic E-state index is 0.0233. The number of aromatic amines is 1. The van der Waals surface area contributed by atoms with Crippen LogP contribution in [0.2, 0.25) is 10.0 Å². The molecule has 0 spiro atoms. The Hall–Kier alpha value is -3.41. The molecule has 162 valence electrons. The third-order valence-corrected chi connectivity index (χ3v) is 5.34. The lowest BCUT2D eigenvalue weighted by Crippen LogP contribution is -1.98. The zero-order chi connectivity index (χ0) is 22.8. The van der Waals surface area contributed by atoms with Gasteiger partial charge in [0.05, 0.1) is 23.1 Å². The average Bonchev–Trinajstić information content (AvgIpc) is 3.38. The molecule has 0 aliphatic carbocycles. The lowest BCUT2D eigenvalue weighted by molar-refractivity contribution is 0.437. The molecule has 32 heavy (non-hydrogen) atoms. The third kappa shape index (κ3) is 4.31. The summed E-state index contributed by atoms with van der Waals surface area (Å²) in [7, 11) is 0. The molecule has 0 aliphatic rings. The fourth-order valence-corrected chi connectivity index (χ4v) is 3.59. The molecular weight excluding hydrogens is 456 g/mol. The summed E-state index contributed by atoms with van der Waals surface area (Å²) < 4.78 is 26.5. The van der Waals surface area contributed by atoms with Gasteiger partial charge in [-0.25, -0.2) is 4.39 Å². The Labute approximate surface area is 192 Å². The van der Waals surface area contributed by atoms with Crippen LogP contribution in [0.1, 0.15) is 35.2 Å². The molecule has 4 aromatic rings. The van der Waals surface area contributed by atoms with E-state index in [4.69, 9.17) is 37.6 Å². The number of aryl methyl sites for hydroxylation is 1. The fraction of sp³-hybridized carbons (Fsp3) is 0.182. The first-order chi connectivity index (χ1) is 15.4. The molecule has 0 amide bonds. The molecule has 0 saturated heterocycles. The normalized spacial score (nSPS) is 10.9. The molecule has 0 radical (unpaired) electrons. The Balaban J connectivity index is 1.61. The van der Waals surface area contributed by atoms with E-state index in [0.29, 0.717) is 5.69 Å². The smallest absolute Gasteiger partial charge is 0.268 e. The minimum atomic E-state index is -0.681. The van der Waals surface area contributed by atoms with Gasteiger partial charge in [-0.3, -0.25) is 5.10 Å². The monoisotopic (exact) mass is 471 g/mol. The second-order valence-electron chi connectivity index (χ2n) is 6.95. The summed E-state index contributed by atoms with van der Waals surface area (Å²) >= 11 is 12.2. The van der Waals surface area contributed by atoms with Gasteiger partial charge in [-0.15, -0.1) is 10.2 Å². The van der Waals surface area contributed by atoms with Crippen LogP contribution in [0.15, 0.2) is 34.7 Å². The van der Waals surface area contributed by atoms with E-state index in [-0.39, 0.29) is 50.9 Å². The lowest BCUT2D eigenvalue weighted by Gasteiger charge is -2.11. The number of hydrogen-bond acceptors (Lipinski definition) is 6. The van der Waals surface area contributed by atoms with Crippen LogP contribution in [0.25, 0.3) is 11.6 Å². The zero-order valence-corrected chi connectivity index (χ0v) is 18.6. The average molecular weight is 472 g/mol. The van der Waals surface area contributed by atoms with Crippen molar-refractivity contribution in [1.29, 1.82) is 5.26 Å². The number of nitriles is 1. The van der Waals surface area contributed by atoms with E-state index in [0.717, 1.165) is 17.7 Å². The molecule has 0 aliphatic heterocycles. The molecule has 0 atom stereocenters. The van der Waals surface area contributed by atoms with Gasteiger partial charge in [0.15, 0.2) is 17.3 Å². The number of H-pyrrole nitrogens is 1. The summed E-state index contributed by atoms with van der Waals surface area (Å²) in [6.07, 6.45) is 0.816. The minimum Gasteiger partial charge on any atom is -0.453 e. The van der Waals surface area contributed by atoms with Crippen molar-refractivity contribution in [2.24, 2.45) is 0 Å². The highest BCUT2D eigenvalue weighted by Gasteiger charge is 2.20. The van der Waals surface area contributed by atoms with Crippen LogP contribution in [-0.4, -0.2) is 20.4 Å². The molecule has 0 unspecified atom stereocenters. The van der Waals surface area contributed by atoms with E-state index in [1.165, 1.54) is 30.3 Å². The van der Waals surface area contributed by atoms with Gasteiger partial charge in [0.1, 0.15) is 5.75 Å². The third-order valence-electron chi connectivity index (χ3n) is 4.82. The van der Waals surface area contributed by atoms with Crippen LogP contribution in [0.5, 0.6) is 11.5 Å². The molecule has 7 nitrogen and oxygen atoms in total. The topological polar surface area (TPSA) is 101 Å². The van der Waals surface area contributed by atoms with Gasteiger partial charge in [-0.2, -0.15) is 10.4 Å². The first-order valence-corrected chi connectivity index (χ1v) is 10.4. The largest absolute Gasteiger partial charge is 0.453 e. The number of nitrogens with zero attached hydrogens (tertiary/aromatic N) is 4. The molecule has 10 heteroatoms. The van der Waals surface area contributed by atoms with Gasteiger partial charge in [0.2, 0.25) is 5.89 Å². The Morgan fingerprint density at radius 1 is 1.22 bits per heavy atom. The van der Waals surface area contributed by atoms with E-state index >= 15 is 4.39 Å². The zero-order valence-electron chi connectivity index (χ0n) is 17.0. The summed E-state index contributed by atoms with van der Waals surface area (Å²) in [5, 5.41) is 24.6. The van der Waals surface area contributed by atoms with Crippen LogP contribution in [0.4, 0.5) is 4.39 Å². The Kier molecular flexibility index (Phi) is 6.12. The highest BCUT2D eigenvalue weighted by atomic mass is 35.5. The van der Waals surface area contributed by atoms with E-state index in [1.54, 1.807) is 0 Å². The van der Waals surface area contributed by atoms with Crippen LogP contribution < -0.4 is 4.74 Å². The lowest BCUT2D eigenvalue weighted by atomic mass is 10.1. The molecule has 2 aromatic carbocycles. The van der Waals surface area contributed by atoms with Gasteiger partial charge in [0.25, 0.3) is 5.89 Å². The Morgan fingerprint density at radius 3 is 2.75 bits per heavy atom. The van der Waals surface area contributed by atoms with Gasteiger partial charge >= 0.3 is 0 Å². The molecule has 2 heterocycles. The molecule has 0 bridgehead atoms. The fourth-order valence-electron chi connectivity index (χ4n) is 3.18. The van der Waals surface area contributed by atoms with Crippen molar-refractivity contribution in [3.8, 4) is 29.2 Å². The van der Waals surface area contributed by atoms with Gasteiger partial charge in [-0.05, 0) is 37.6 Å².